The molecule has 4 aromatic rings. The van der Waals surface area contributed by atoms with Gasteiger partial charge in [-0.3, -0.25) is 0 Å². The highest BCUT2D eigenvalue weighted by atomic mass is 32.1. The summed E-state index contributed by atoms with van der Waals surface area (Å²) in [5.41, 5.74) is 2.62. The summed E-state index contributed by atoms with van der Waals surface area (Å²) in [5, 5.41) is 24.4. The Balaban J connectivity index is 1.69. The smallest absolute Gasteiger partial charge is 0.258 e. The summed E-state index contributed by atoms with van der Waals surface area (Å²) >= 11 is 1.59. The predicted octanol–water partition coefficient (Wildman–Crippen LogP) is 3.29. The molecule has 0 aliphatic heterocycles. The molecule has 0 amide bonds. The zero-order valence-electron chi connectivity index (χ0n) is 14.1. The van der Waals surface area contributed by atoms with E-state index in [-0.39, 0.29) is 0 Å². The van der Waals surface area contributed by atoms with E-state index in [1.165, 1.54) is 0 Å². The molecule has 0 aliphatic rings. The Morgan fingerprint density at radius 1 is 1.28 bits per heavy atom. The first-order valence-electron chi connectivity index (χ1n) is 7.85. The molecule has 0 radical (unpaired) electrons. The Morgan fingerprint density at radius 2 is 2.12 bits per heavy atom. The molecular weight excluding hydrogens is 338 g/mol. The molecule has 0 unspecified atom stereocenters. The van der Waals surface area contributed by atoms with Gasteiger partial charge in [0.2, 0.25) is 5.82 Å². The van der Waals surface area contributed by atoms with Crippen LogP contribution < -0.4 is 0 Å². The maximum atomic E-state index is 9.98. The van der Waals surface area contributed by atoms with Crippen LogP contribution in [0.4, 0.5) is 0 Å². The second-order valence-electron chi connectivity index (χ2n) is 6.62. The van der Waals surface area contributed by atoms with Crippen LogP contribution in [0.5, 0.6) is 0 Å². The Labute approximate surface area is 147 Å². The van der Waals surface area contributed by atoms with Gasteiger partial charge in [-0.2, -0.15) is 4.98 Å². The first-order valence-corrected chi connectivity index (χ1v) is 8.73. The number of fused-ring (bicyclic) bond motifs is 1. The number of hydrogen-bond donors (Lipinski definition) is 1. The third-order valence-corrected chi connectivity index (χ3v) is 4.80. The van der Waals surface area contributed by atoms with Gasteiger partial charge in [-0.05, 0) is 56.0 Å². The molecule has 3 heterocycles. The molecule has 0 saturated carbocycles. The van der Waals surface area contributed by atoms with Crippen molar-refractivity contribution in [1.82, 2.24) is 25.1 Å². The topological polar surface area (TPSA) is 89.9 Å². The molecule has 1 N–H and O–H groups in total. The maximum Gasteiger partial charge on any atom is 0.258 e. The van der Waals surface area contributed by atoms with Crippen LogP contribution in [0.1, 0.15) is 19.4 Å². The number of aryl methyl sites for hydroxylation is 1. The van der Waals surface area contributed by atoms with Gasteiger partial charge in [-0.1, -0.05) is 10.4 Å². The summed E-state index contributed by atoms with van der Waals surface area (Å²) in [7, 11) is 0. The van der Waals surface area contributed by atoms with E-state index < -0.39 is 5.60 Å². The number of aromatic nitrogens is 5. The van der Waals surface area contributed by atoms with Crippen molar-refractivity contribution in [3.63, 3.8) is 0 Å². The summed E-state index contributed by atoms with van der Waals surface area (Å²) in [6.07, 6.45) is 0. The lowest BCUT2D eigenvalue weighted by molar-refractivity contribution is 0.0585. The maximum absolute atomic E-state index is 9.98. The normalized spacial score (nSPS) is 12.2. The van der Waals surface area contributed by atoms with E-state index in [1.54, 1.807) is 29.9 Å². The molecule has 3 aromatic heterocycles. The van der Waals surface area contributed by atoms with E-state index in [1.807, 2.05) is 36.6 Å². The highest BCUT2D eigenvalue weighted by Gasteiger charge is 2.18. The van der Waals surface area contributed by atoms with E-state index in [4.69, 9.17) is 4.52 Å². The van der Waals surface area contributed by atoms with Crippen LogP contribution in [-0.4, -0.2) is 35.8 Å². The molecule has 1 aromatic carbocycles. The summed E-state index contributed by atoms with van der Waals surface area (Å²) in [6.45, 7) is 5.86. The van der Waals surface area contributed by atoms with Gasteiger partial charge < -0.3 is 9.63 Å². The van der Waals surface area contributed by atoms with E-state index in [9.17, 15) is 5.11 Å². The average molecular weight is 355 g/mol. The van der Waals surface area contributed by atoms with Gasteiger partial charge in [0.1, 0.15) is 5.52 Å². The van der Waals surface area contributed by atoms with Crippen LogP contribution in [0.15, 0.2) is 34.2 Å². The number of benzene rings is 1. The van der Waals surface area contributed by atoms with Crippen molar-refractivity contribution in [2.45, 2.75) is 32.9 Å². The summed E-state index contributed by atoms with van der Waals surface area (Å²) in [5.74, 6) is 1.04. The van der Waals surface area contributed by atoms with Gasteiger partial charge in [0.05, 0.1) is 22.5 Å². The van der Waals surface area contributed by atoms with Crippen LogP contribution in [0.25, 0.3) is 33.2 Å². The van der Waals surface area contributed by atoms with Crippen LogP contribution in [0.2, 0.25) is 0 Å². The molecule has 0 fully saturated rings. The number of hydrogen-bond acceptors (Lipinski definition) is 7. The number of aliphatic hydroxyl groups is 1. The fourth-order valence-corrected chi connectivity index (χ4v) is 3.47. The molecule has 0 spiro atoms. The molecule has 25 heavy (non-hydrogen) atoms. The average Bonchev–Trinajstić information content (AvgIpc) is 3.25. The molecule has 4 rings (SSSR count). The van der Waals surface area contributed by atoms with E-state index in [2.05, 4.69) is 20.5 Å². The number of thiophene rings is 1. The van der Waals surface area contributed by atoms with Crippen molar-refractivity contribution in [3.8, 4) is 22.2 Å². The van der Waals surface area contributed by atoms with E-state index in [0.29, 0.717) is 23.8 Å². The van der Waals surface area contributed by atoms with Gasteiger partial charge in [0.25, 0.3) is 5.89 Å². The summed E-state index contributed by atoms with van der Waals surface area (Å²) in [6, 6.07) is 7.69. The largest absolute Gasteiger partial charge is 0.389 e. The minimum atomic E-state index is -0.862. The molecule has 0 saturated heterocycles. The van der Waals surface area contributed by atoms with Gasteiger partial charge in [-0.25, -0.2) is 4.68 Å². The zero-order valence-corrected chi connectivity index (χ0v) is 14.9. The quantitative estimate of drug-likeness (QED) is 0.604. The lowest BCUT2D eigenvalue weighted by Gasteiger charge is -2.16. The third-order valence-electron chi connectivity index (χ3n) is 3.79. The zero-order chi connectivity index (χ0) is 17.6. The molecule has 7 nitrogen and oxygen atoms in total. The number of nitrogens with zero attached hydrogens (tertiary/aromatic N) is 5. The highest BCUT2D eigenvalue weighted by Crippen LogP contribution is 2.29. The minimum Gasteiger partial charge on any atom is -0.389 e. The molecule has 0 aliphatic carbocycles. The Kier molecular flexibility index (Phi) is 3.66. The monoisotopic (exact) mass is 355 g/mol. The predicted molar refractivity (Wildman–Crippen MR) is 95.2 cm³/mol. The van der Waals surface area contributed by atoms with E-state index >= 15 is 0 Å². The Morgan fingerprint density at radius 3 is 2.84 bits per heavy atom. The van der Waals surface area contributed by atoms with E-state index in [0.717, 1.165) is 21.5 Å². The first-order chi connectivity index (χ1) is 11.9. The van der Waals surface area contributed by atoms with Gasteiger partial charge in [0, 0.05) is 5.56 Å². The van der Waals surface area contributed by atoms with Crippen molar-refractivity contribution in [1.29, 1.82) is 0 Å². The fourth-order valence-electron chi connectivity index (χ4n) is 2.62. The molecule has 0 bridgehead atoms. The summed E-state index contributed by atoms with van der Waals surface area (Å²) in [4.78, 5) is 5.50. The Bertz CT molecular complexity index is 1040. The van der Waals surface area contributed by atoms with Gasteiger partial charge in [0.15, 0.2) is 0 Å². The van der Waals surface area contributed by atoms with Crippen molar-refractivity contribution >= 4 is 22.4 Å². The Hall–Kier alpha value is -2.58. The number of rotatable bonds is 4. The standard InChI is InChI=1S/C17H17N5O2S/c1-10-6-7-25-14(10)15-18-16(24-20-15)11-4-5-13-12(8-11)19-21-22(13)9-17(2,3)23/h4-8,23H,9H2,1-3H3. The van der Waals surface area contributed by atoms with Crippen LogP contribution in [0.3, 0.4) is 0 Å². The van der Waals surface area contributed by atoms with Crippen molar-refractivity contribution in [2.24, 2.45) is 0 Å². The summed E-state index contributed by atoms with van der Waals surface area (Å²) < 4.78 is 7.10. The third kappa shape index (κ3) is 3.06. The minimum absolute atomic E-state index is 0.366. The van der Waals surface area contributed by atoms with Crippen LogP contribution >= 0.6 is 11.3 Å². The van der Waals surface area contributed by atoms with Crippen molar-refractivity contribution in [3.05, 3.63) is 35.2 Å². The lowest BCUT2D eigenvalue weighted by atomic mass is 10.1. The van der Waals surface area contributed by atoms with Gasteiger partial charge >= 0.3 is 0 Å². The molecule has 8 heteroatoms. The van der Waals surface area contributed by atoms with Gasteiger partial charge in [-0.15, -0.1) is 16.4 Å². The molecule has 128 valence electrons. The van der Waals surface area contributed by atoms with Crippen molar-refractivity contribution < 1.29 is 9.63 Å². The fraction of sp³-hybridized carbons (Fsp3) is 0.294. The molecular formula is C17H17N5O2S. The van der Waals surface area contributed by atoms with Crippen LogP contribution in [0, 0.1) is 6.92 Å². The first kappa shape index (κ1) is 15.9. The second-order valence-corrected chi connectivity index (χ2v) is 7.54. The lowest BCUT2D eigenvalue weighted by Crippen LogP contribution is -2.26. The molecule has 0 atom stereocenters. The van der Waals surface area contributed by atoms with Crippen molar-refractivity contribution in [2.75, 3.05) is 0 Å². The van der Waals surface area contributed by atoms with Crippen LogP contribution in [-0.2, 0) is 6.54 Å². The highest BCUT2D eigenvalue weighted by molar-refractivity contribution is 7.13. The second kappa shape index (κ2) is 5.75. The SMILES string of the molecule is Cc1ccsc1-c1noc(-c2ccc3c(c2)nnn3CC(C)(C)O)n1.